The first-order valence-corrected chi connectivity index (χ1v) is 5.94. The second-order valence-electron chi connectivity index (χ2n) is 5.45. The molecule has 0 bridgehead atoms. The van der Waals surface area contributed by atoms with E-state index in [9.17, 15) is 0 Å². The molecule has 1 N–H and O–H groups in total. The maximum Gasteiger partial charge on any atom is 0.0961 e. The summed E-state index contributed by atoms with van der Waals surface area (Å²) in [6.45, 7) is 8.92. The van der Waals surface area contributed by atoms with Crippen molar-refractivity contribution in [3.63, 3.8) is 0 Å². The molecule has 15 heavy (non-hydrogen) atoms. The van der Waals surface area contributed by atoms with Gasteiger partial charge < -0.3 is 9.64 Å². The summed E-state index contributed by atoms with van der Waals surface area (Å²) in [5.74, 6) is 0.806. The standard InChI is InChI=1S/C12H26N2O/c1-12(2,9-13-10-15-4)11-6-5-7-14(3)8-11/h11,13H,5-10H2,1-4H3. The Bertz CT molecular complexity index is 182. The molecule has 0 aromatic heterocycles. The lowest BCUT2D eigenvalue weighted by Crippen LogP contribution is -2.44. The fourth-order valence-corrected chi connectivity index (χ4v) is 2.42. The Morgan fingerprint density at radius 3 is 2.80 bits per heavy atom. The average Bonchev–Trinajstić information content (AvgIpc) is 2.18. The van der Waals surface area contributed by atoms with Crippen LogP contribution in [0, 0.1) is 11.3 Å². The first-order chi connectivity index (χ1) is 7.06. The highest BCUT2D eigenvalue weighted by molar-refractivity contribution is 4.84. The van der Waals surface area contributed by atoms with Gasteiger partial charge in [0.25, 0.3) is 0 Å². The summed E-state index contributed by atoms with van der Waals surface area (Å²) < 4.78 is 5.02. The van der Waals surface area contributed by atoms with Crippen LogP contribution in [0.25, 0.3) is 0 Å². The Morgan fingerprint density at radius 2 is 2.20 bits per heavy atom. The van der Waals surface area contributed by atoms with Crippen LogP contribution in [-0.2, 0) is 4.74 Å². The molecule has 1 saturated heterocycles. The number of nitrogens with one attached hydrogen (secondary N) is 1. The van der Waals surface area contributed by atoms with Crippen molar-refractivity contribution in [2.24, 2.45) is 11.3 Å². The number of nitrogens with zero attached hydrogens (tertiary/aromatic N) is 1. The molecule has 1 aliphatic rings. The van der Waals surface area contributed by atoms with Gasteiger partial charge in [0.1, 0.15) is 0 Å². The molecule has 0 radical (unpaired) electrons. The second-order valence-corrected chi connectivity index (χ2v) is 5.45. The van der Waals surface area contributed by atoms with Crippen molar-refractivity contribution in [1.29, 1.82) is 0 Å². The van der Waals surface area contributed by atoms with Gasteiger partial charge in [-0.3, -0.25) is 5.32 Å². The third-order valence-corrected chi connectivity index (χ3v) is 3.56. The molecule has 1 unspecified atom stereocenters. The molecule has 0 aromatic rings. The molecule has 90 valence electrons. The Kier molecular flexibility index (Phi) is 5.03. The third kappa shape index (κ3) is 4.09. The van der Waals surface area contributed by atoms with Crippen LogP contribution in [0.4, 0.5) is 0 Å². The van der Waals surface area contributed by atoms with Crippen LogP contribution < -0.4 is 5.32 Å². The van der Waals surface area contributed by atoms with E-state index < -0.39 is 0 Å². The van der Waals surface area contributed by atoms with Crippen molar-refractivity contribution in [2.75, 3.05) is 40.5 Å². The molecule has 1 aliphatic heterocycles. The van der Waals surface area contributed by atoms with E-state index in [-0.39, 0.29) is 0 Å². The first-order valence-electron chi connectivity index (χ1n) is 5.94. The van der Waals surface area contributed by atoms with Crippen molar-refractivity contribution in [3.05, 3.63) is 0 Å². The molecule has 3 nitrogen and oxygen atoms in total. The summed E-state index contributed by atoms with van der Waals surface area (Å²) in [7, 11) is 3.96. The van der Waals surface area contributed by atoms with Crippen molar-refractivity contribution < 1.29 is 4.74 Å². The topological polar surface area (TPSA) is 24.5 Å². The number of rotatable bonds is 5. The van der Waals surface area contributed by atoms with Crippen molar-refractivity contribution in [1.82, 2.24) is 10.2 Å². The smallest absolute Gasteiger partial charge is 0.0961 e. The molecule has 1 rings (SSSR count). The molecule has 0 aromatic carbocycles. The van der Waals surface area contributed by atoms with Crippen molar-refractivity contribution in [2.45, 2.75) is 26.7 Å². The molecule has 1 heterocycles. The maximum atomic E-state index is 5.02. The molecule has 0 saturated carbocycles. The summed E-state index contributed by atoms with van der Waals surface area (Å²) in [6, 6.07) is 0. The van der Waals surface area contributed by atoms with E-state index in [1.807, 2.05) is 0 Å². The number of ether oxygens (including phenoxy) is 1. The van der Waals surface area contributed by atoms with Gasteiger partial charge >= 0.3 is 0 Å². The number of piperidine rings is 1. The predicted molar refractivity (Wildman–Crippen MR) is 63.9 cm³/mol. The highest BCUT2D eigenvalue weighted by Crippen LogP contribution is 2.32. The van der Waals surface area contributed by atoms with Crippen LogP contribution in [0.15, 0.2) is 0 Å². The Balaban J connectivity index is 2.37. The van der Waals surface area contributed by atoms with Gasteiger partial charge in [-0.2, -0.15) is 0 Å². The molecular weight excluding hydrogens is 188 g/mol. The van der Waals surface area contributed by atoms with E-state index in [1.54, 1.807) is 7.11 Å². The van der Waals surface area contributed by atoms with Crippen LogP contribution in [0.3, 0.4) is 0 Å². The van der Waals surface area contributed by atoms with Crippen LogP contribution in [0.1, 0.15) is 26.7 Å². The number of likely N-dealkylation sites (tertiary alicyclic amines) is 1. The average molecular weight is 214 g/mol. The van der Waals surface area contributed by atoms with Gasteiger partial charge in [0.15, 0.2) is 0 Å². The number of hydrogen-bond donors (Lipinski definition) is 1. The van der Waals surface area contributed by atoms with Gasteiger partial charge in [-0.25, -0.2) is 0 Å². The lowest BCUT2D eigenvalue weighted by Gasteiger charge is -2.40. The Labute approximate surface area is 94.2 Å². The molecular formula is C12H26N2O. The fraction of sp³-hybridized carbons (Fsp3) is 1.00. The van der Waals surface area contributed by atoms with E-state index in [0.717, 1.165) is 12.5 Å². The zero-order chi connectivity index (χ0) is 11.3. The summed E-state index contributed by atoms with van der Waals surface area (Å²) in [4.78, 5) is 2.45. The summed E-state index contributed by atoms with van der Waals surface area (Å²) in [6.07, 6.45) is 2.71. The monoisotopic (exact) mass is 214 g/mol. The largest absolute Gasteiger partial charge is 0.370 e. The van der Waals surface area contributed by atoms with Crippen LogP contribution in [0.2, 0.25) is 0 Å². The van der Waals surface area contributed by atoms with Gasteiger partial charge in [0.05, 0.1) is 6.73 Å². The van der Waals surface area contributed by atoms with Crippen LogP contribution >= 0.6 is 0 Å². The van der Waals surface area contributed by atoms with E-state index >= 15 is 0 Å². The third-order valence-electron chi connectivity index (χ3n) is 3.56. The van der Waals surface area contributed by atoms with E-state index in [4.69, 9.17) is 4.74 Å². The van der Waals surface area contributed by atoms with Gasteiger partial charge in [-0.1, -0.05) is 13.8 Å². The van der Waals surface area contributed by atoms with E-state index in [0.29, 0.717) is 12.1 Å². The first kappa shape index (κ1) is 12.9. The van der Waals surface area contributed by atoms with E-state index in [2.05, 4.69) is 31.1 Å². The van der Waals surface area contributed by atoms with Crippen LogP contribution in [0.5, 0.6) is 0 Å². The van der Waals surface area contributed by atoms with Crippen molar-refractivity contribution in [3.8, 4) is 0 Å². The molecule has 1 fully saturated rings. The minimum absolute atomic E-state index is 0.368. The maximum absolute atomic E-state index is 5.02. The highest BCUT2D eigenvalue weighted by atomic mass is 16.5. The van der Waals surface area contributed by atoms with Crippen LogP contribution in [-0.4, -0.2) is 45.4 Å². The van der Waals surface area contributed by atoms with E-state index in [1.165, 1.54) is 25.9 Å². The zero-order valence-corrected chi connectivity index (χ0v) is 10.7. The Hall–Kier alpha value is -0.120. The highest BCUT2D eigenvalue weighted by Gasteiger charge is 2.31. The molecule has 3 heteroatoms. The second kappa shape index (κ2) is 5.83. The summed E-state index contributed by atoms with van der Waals surface area (Å²) in [5, 5.41) is 3.35. The number of methoxy groups -OCH3 is 1. The van der Waals surface area contributed by atoms with Gasteiger partial charge in [0, 0.05) is 20.2 Å². The molecule has 0 aliphatic carbocycles. The quantitative estimate of drug-likeness (QED) is 0.555. The minimum atomic E-state index is 0.368. The summed E-state index contributed by atoms with van der Waals surface area (Å²) >= 11 is 0. The van der Waals surface area contributed by atoms with Gasteiger partial charge in [-0.15, -0.1) is 0 Å². The van der Waals surface area contributed by atoms with Gasteiger partial charge in [0.2, 0.25) is 0 Å². The number of hydrogen-bond acceptors (Lipinski definition) is 3. The minimum Gasteiger partial charge on any atom is -0.370 e. The zero-order valence-electron chi connectivity index (χ0n) is 10.7. The van der Waals surface area contributed by atoms with Gasteiger partial charge in [-0.05, 0) is 37.8 Å². The normalized spacial score (nSPS) is 24.4. The molecule has 0 spiro atoms. The molecule has 1 atom stereocenters. The lowest BCUT2D eigenvalue weighted by molar-refractivity contribution is 0.0882. The molecule has 0 amide bonds. The van der Waals surface area contributed by atoms with Crippen molar-refractivity contribution >= 4 is 0 Å². The predicted octanol–water partition coefficient (Wildman–Crippen LogP) is 1.55. The lowest BCUT2D eigenvalue weighted by atomic mass is 9.74. The Morgan fingerprint density at radius 1 is 1.47 bits per heavy atom. The SMILES string of the molecule is COCNCC(C)(C)C1CCCN(C)C1. The summed E-state index contributed by atoms with van der Waals surface area (Å²) in [5.41, 5.74) is 0.368. The fourth-order valence-electron chi connectivity index (χ4n) is 2.42.